The molecule has 0 radical (unpaired) electrons. The number of unbranched alkanes of at least 4 members (excludes halogenated alkanes) is 1. The maximum absolute atomic E-state index is 13.0. The molecule has 29 heavy (non-hydrogen) atoms. The van der Waals surface area contributed by atoms with Crippen molar-refractivity contribution in [1.29, 1.82) is 0 Å². The molecule has 2 heterocycles. The number of hydrogen-bond donors (Lipinski definition) is 2. The van der Waals surface area contributed by atoms with Gasteiger partial charge in [-0.2, -0.15) is 4.98 Å². The molecule has 1 aromatic carbocycles. The van der Waals surface area contributed by atoms with E-state index >= 15 is 0 Å². The van der Waals surface area contributed by atoms with E-state index in [0.717, 1.165) is 12.0 Å². The number of hydrogen-bond acceptors (Lipinski definition) is 5. The first-order chi connectivity index (χ1) is 13.8. The van der Waals surface area contributed by atoms with E-state index in [9.17, 15) is 19.1 Å². The molecule has 0 spiro atoms. The predicted molar refractivity (Wildman–Crippen MR) is 109 cm³/mol. The van der Waals surface area contributed by atoms with Crippen LogP contribution in [0.1, 0.15) is 31.7 Å². The minimum Gasteiger partial charge on any atom is -0.393 e. The zero-order chi connectivity index (χ0) is 21.1. The number of aromatic nitrogens is 4. The first kappa shape index (κ1) is 20.8. The number of nitrogens with zero attached hydrogens (tertiary/aromatic N) is 4. The summed E-state index contributed by atoms with van der Waals surface area (Å²) in [6.45, 7) is 2.41. The van der Waals surface area contributed by atoms with Crippen LogP contribution in [0.25, 0.3) is 11.2 Å². The minimum atomic E-state index is -0.414. The molecule has 9 heteroatoms. The van der Waals surface area contributed by atoms with Crippen molar-refractivity contribution in [2.75, 3.05) is 5.32 Å². The molecule has 0 amide bonds. The Morgan fingerprint density at radius 1 is 1.14 bits per heavy atom. The van der Waals surface area contributed by atoms with Gasteiger partial charge in [0.1, 0.15) is 5.82 Å². The van der Waals surface area contributed by atoms with Crippen molar-refractivity contribution in [3.63, 3.8) is 0 Å². The lowest BCUT2D eigenvalue weighted by Crippen LogP contribution is -2.39. The van der Waals surface area contributed by atoms with E-state index in [2.05, 4.69) is 10.3 Å². The van der Waals surface area contributed by atoms with Gasteiger partial charge in [-0.3, -0.25) is 13.9 Å². The smallest absolute Gasteiger partial charge is 0.332 e. The average molecular weight is 403 g/mol. The third-order valence-corrected chi connectivity index (χ3v) is 4.98. The van der Waals surface area contributed by atoms with E-state index < -0.39 is 11.8 Å². The van der Waals surface area contributed by atoms with E-state index in [0.29, 0.717) is 36.5 Å². The maximum atomic E-state index is 13.0. The molecule has 0 aliphatic carbocycles. The van der Waals surface area contributed by atoms with Gasteiger partial charge in [-0.25, -0.2) is 9.18 Å². The summed E-state index contributed by atoms with van der Waals surface area (Å²) >= 11 is 0. The van der Waals surface area contributed by atoms with Gasteiger partial charge in [0.05, 0.1) is 6.10 Å². The van der Waals surface area contributed by atoms with Crippen LogP contribution in [0.2, 0.25) is 0 Å². The summed E-state index contributed by atoms with van der Waals surface area (Å²) in [4.78, 5) is 30.0. The summed E-state index contributed by atoms with van der Waals surface area (Å²) in [5, 5.41) is 12.5. The topological polar surface area (TPSA) is 94.1 Å². The third kappa shape index (κ3) is 4.40. The number of anilines is 1. The van der Waals surface area contributed by atoms with Crippen LogP contribution < -0.4 is 16.6 Å². The fourth-order valence-electron chi connectivity index (χ4n) is 3.29. The summed E-state index contributed by atoms with van der Waals surface area (Å²) < 4.78 is 17.3. The van der Waals surface area contributed by atoms with Crippen LogP contribution in [-0.2, 0) is 27.2 Å². The van der Waals surface area contributed by atoms with Crippen LogP contribution in [0, 0.1) is 5.82 Å². The lowest BCUT2D eigenvalue weighted by molar-refractivity contribution is 0.180. The quantitative estimate of drug-likeness (QED) is 0.559. The molecule has 1 atom stereocenters. The van der Waals surface area contributed by atoms with E-state index in [1.165, 1.54) is 21.3 Å². The number of aliphatic hydroxyl groups is 1. The number of aryl methyl sites for hydroxylation is 2. The molecular weight excluding hydrogens is 377 g/mol. The molecule has 0 fully saturated rings. The third-order valence-electron chi connectivity index (χ3n) is 4.98. The summed E-state index contributed by atoms with van der Waals surface area (Å²) in [7, 11) is 3.30. The predicted octanol–water partition coefficient (Wildman–Crippen LogP) is 1.74. The highest BCUT2D eigenvalue weighted by Crippen LogP contribution is 2.15. The molecule has 3 rings (SSSR count). The standard InChI is InChI=1S/C20H26FN5O3/c1-13(27)6-4-5-11-26-18(28)16-17(25(3)20(26)29)23-19(24(16)2)22-12-14-7-9-15(21)10-8-14/h7-10,13,27H,4-6,11-12H2,1-3H3,(H,22,23). The Bertz CT molecular complexity index is 1110. The molecule has 2 N–H and O–H groups in total. The Hall–Kier alpha value is -2.94. The van der Waals surface area contributed by atoms with Gasteiger partial charge in [-0.05, 0) is 43.9 Å². The van der Waals surface area contributed by atoms with Crippen LogP contribution in [0.4, 0.5) is 10.3 Å². The van der Waals surface area contributed by atoms with Crippen molar-refractivity contribution < 1.29 is 9.50 Å². The summed E-state index contributed by atoms with van der Waals surface area (Å²) in [5.74, 6) is 0.142. The molecule has 0 aliphatic rings. The zero-order valence-electron chi connectivity index (χ0n) is 16.9. The van der Waals surface area contributed by atoms with Gasteiger partial charge in [0, 0.05) is 27.2 Å². The molecule has 0 aliphatic heterocycles. The van der Waals surface area contributed by atoms with Crippen LogP contribution in [0.5, 0.6) is 0 Å². The fourth-order valence-corrected chi connectivity index (χ4v) is 3.29. The van der Waals surface area contributed by atoms with E-state index in [-0.39, 0.29) is 17.9 Å². The molecule has 8 nitrogen and oxygen atoms in total. The molecule has 156 valence electrons. The van der Waals surface area contributed by atoms with Crippen molar-refractivity contribution in [1.82, 2.24) is 18.7 Å². The number of benzene rings is 1. The first-order valence-corrected chi connectivity index (χ1v) is 9.62. The molecule has 0 saturated carbocycles. The zero-order valence-corrected chi connectivity index (χ0v) is 16.9. The Morgan fingerprint density at radius 3 is 2.48 bits per heavy atom. The van der Waals surface area contributed by atoms with Gasteiger partial charge >= 0.3 is 5.69 Å². The van der Waals surface area contributed by atoms with Crippen molar-refractivity contribution >= 4 is 17.1 Å². The van der Waals surface area contributed by atoms with Gasteiger partial charge in [0.15, 0.2) is 11.2 Å². The largest absolute Gasteiger partial charge is 0.393 e. The lowest BCUT2D eigenvalue weighted by Gasteiger charge is -2.09. The normalized spacial score (nSPS) is 12.4. The van der Waals surface area contributed by atoms with Crippen LogP contribution >= 0.6 is 0 Å². The van der Waals surface area contributed by atoms with Gasteiger partial charge in [-0.1, -0.05) is 12.1 Å². The van der Waals surface area contributed by atoms with Gasteiger partial charge in [0.25, 0.3) is 5.56 Å². The number of rotatable bonds is 8. The fraction of sp³-hybridized carbons (Fsp3) is 0.450. The van der Waals surface area contributed by atoms with E-state index in [1.54, 1.807) is 37.7 Å². The van der Waals surface area contributed by atoms with Crippen molar-refractivity contribution in [3.05, 3.63) is 56.5 Å². The number of halogens is 1. The Morgan fingerprint density at radius 2 is 1.83 bits per heavy atom. The van der Waals surface area contributed by atoms with Crippen LogP contribution in [0.15, 0.2) is 33.9 Å². The molecular formula is C20H26FN5O3. The van der Waals surface area contributed by atoms with Crippen molar-refractivity contribution in [3.8, 4) is 0 Å². The first-order valence-electron chi connectivity index (χ1n) is 9.62. The van der Waals surface area contributed by atoms with Crippen LogP contribution in [0.3, 0.4) is 0 Å². The van der Waals surface area contributed by atoms with Gasteiger partial charge in [0.2, 0.25) is 5.95 Å². The van der Waals surface area contributed by atoms with Gasteiger partial charge in [-0.15, -0.1) is 0 Å². The average Bonchev–Trinajstić information content (AvgIpc) is 3.01. The number of nitrogens with one attached hydrogen (secondary N) is 1. The highest BCUT2D eigenvalue weighted by molar-refractivity contribution is 5.74. The number of aliphatic hydroxyl groups excluding tert-OH is 1. The van der Waals surface area contributed by atoms with Crippen molar-refractivity contribution in [2.24, 2.45) is 14.1 Å². The van der Waals surface area contributed by atoms with Gasteiger partial charge < -0.3 is 15.0 Å². The minimum absolute atomic E-state index is 0.289. The van der Waals surface area contributed by atoms with E-state index in [4.69, 9.17) is 0 Å². The molecule has 3 aromatic rings. The summed E-state index contributed by atoms with van der Waals surface area (Å²) in [6, 6.07) is 6.10. The summed E-state index contributed by atoms with van der Waals surface area (Å²) in [6.07, 6.45) is 1.57. The highest BCUT2D eigenvalue weighted by Gasteiger charge is 2.18. The second-order valence-corrected chi connectivity index (χ2v) is 7.29. The number of fused-ring (bicyclic) bond motifs is 1. The Labute approximate surface area is 167 Å². The highest BCUT2D eigenvalue weighted by atomic mass is 19.1. The molecule has 0 bridgehead atoms. The van der Waals surface area contributed by atoms with E-state index in [1.807, 2.05) is 0 Å². The Balaban J connectivity index is 1.89. The molecule has 2 aromatic heterocycles. The number of imidazole rings is 1. The summed E-state index contributed by atoms with van der Waals surface area (Å²) in [5.41, 5.74) is 0.712. The van der Waals surface area contributed by atoms with Crippen LogP contribution in [-0.4, -0.2) is 29.9 Å². The monoisotopic (exact) mass is 403 g/mol. The maximum Gasteiger partial charge on any atom is 0.332 e. The Kier molecular flexibility index (Phi) is 6.17. The molecule has 1 unspecified atom stereocenters. The SMILES string of the molecule is CC(O)CCCCn1c(=O)c2c(nc(NCc3ccc(F)cc3)n2C)n(C)c1=O. The lowest BCUT2D eigenvalue weighted by atomic mass is 10.2. The van der Waals surface area contributed by atoms with Crippen molar-refractivity contribution in [2.45, 2.75) is 45.4 Å². The second kappa shape index (κ2) is 8.60. The second-order valence-electron chi connectivity index (χ2n) is 7.29. The molecule has 0 saturated heterocycles.